The van der Waals surface area contributed by atoms with E-state index in [4.69, 9.17) is 17.0 Å². The zero-order chi connectivity index (χ0) is 13.8. The third-order valence-electron chi connectivity index (χ3n) is 2.74. The summed E-state index contributed by atoms with van der Waals surface area (Å²) in [6.45, 7) is 6.98. The van der Waals surface area contributed by atoms with Crippen molar-refractivity contribution in [2.75, 3.05) is 6.61 Å². The predicted molar refractivity (Wildman–Crippen MR) is 78.5 cm³/mol. The van der Waals surface area contributed by atoms with Crippen LogP contribution in [-0.4, -0.2) is 21.4 Å². The lowest BCUT2D eigenvalue weighted by Gasteiger charge is -2.09. The second-order valence-electron chi connectivity index (χ2n) is 4.81. The maximum absolute atomic E-state index is 5.44. The van der Waals surface area contributed by atoms with Gasteiger partial charge in [-0.05, 0) is 49.3 Å². The van der Waals surface area contributed by atoms with E-state index in [0.29, 0.717) is 17.3 Å². The molecule has 0 aliphatic heterocycles. The number of aromatic nitrogens is 3. The van der Waals surface area contributed by atoms with Gasteiger partial charge in [-0.3, -0.25) is 9.67 Å². The SMILES string of the molecule is CCOc1ccc(-n2c(CC(C)C)n[nH]c2=S)cc1. The van der Waals surface area contributed by atoms with Gasteiger partial charge in [-0.15, -0.1) is 0 Å². The van der Waals surface area contributed by atoms with Gasteiger partial charge < -0.3 is 4.74 Å². The Hall–Kier alpha value is -1.62. The minimum Gasteiger partial charge on any atom is -0.494 e. The van der Waals surface area contributed by atoms with Crippen LogP contribution < -0.4 is 4.74 Å². The van der Waals surface area contributed by atoms with Gasteiger partial charge in [-0.2, -0.15) is 5.10 Å². The van der Waals surface area contributed by atoms with Gasteiger partial charge in [-0.1, -0.05) is 13.8 Å². The molecule has 19 heavy (non-hydrogen) atoms. The average Bonchev–Trinajstić information content (AvgIpc) is 2.71. The predicted octanol–water partition coefficient (Wildman–Crippen LogP) is 3.53. The second-order valence-corrected chi connectivity index (χ2v) is 5.19. The molecular weight excluding hydrogens is 258 g/mol. The monoisotopic (exact) mass is 277 g/mol. The highest BCUT2D eigenvalue weighted by Gasteiger charge is 2.10. The van der Waals surface area contributed by atoms with Crippen molar-refractivity contribution in [1.82, 2.24) is 14.8 Å². The number of rotatable bonds is 5. The Kier molecular flexibility index (Phi) is 4.37. The first-order valence-corrected chi connectivity index (χ1v) is 6.92. The van der Waals surface area contributed by atoms with Gasteiger partial charge in [0.2, 0.25) is 0 Å². The summed E-state index contributed by atoms with van der Waals surface area (Å²) in [6, 6.07) is 7.90. The largest absolute Gasteiger partial charge is 0.494 e. The van der Waals surface area contributed by atoms with E-state index in [1.165, 1.54) is 0 Å². The summed E-state index contributed by atoms with van der Waals surface area (Å²) in [4.78, 5) is 0. The summed E-state index contributed by atoms with van der Waals surface area (Å²) in [5.74, 6) is 2.36. The highest BCUT2D eigenvalue weighted by Crippen LogP contribution is 2.18. The molecule has 0 saturated heterocycles. The summed E-state index contributed by atoms with van der Waals surface area (Å²) in [5.41, 5.74) is 1.01. The third-order valence-corrected chi connectivity index (χ3v) is 3.01. The van der Waals surface area contributed by atoms with Crippen LogP contribution in [0, 0.1) is 10.7 Å². The van der Waals surface area contributed by atoms with E-state index in [2.05, 4.69) is 24.0 Å². The minimum atomic E-state index is 0.534. The smallest absolute Gasteiger partial charge is 0.199 e. The van der Waals surface area contributed by atoms with Crippen molar-refractivity contribution in [3.63, 3.8) is 0 Å². The highest BCUT2D eigenvalue weighted by molar-refractivity contribution is 7.71. The van der Waals surface area contributed by atoms with E-state index in [1.54, 1.807) is 0 Å². The zero-order valence-corrected chi connectivity index (χ0v) is 12.3. The number of hydrogen-bond donors (Lipinski definition) is 1. The molecule has 1 N–H and O–H groups in total. The Morgan fingerprint density at radius 1 is 1.32 bits per heavy atom. The van der Waals surface area contributed by atoms with Gasteiger partial charge in [0.05, 0.1) is 6.61 Å². The molecule has 0 fully saturated rings. The number of ether oxygens (including phenoxy) is 1. The molecule has 5 heteroatoms. The average molecular weight is 277 g/mol. The summed E-state index contributed by atoms with van der Waals surface area (Å²) in [6.07, 6.45) is 0.889. The molecule has 0 amide bonds. The molecule has 0 saturated carbocycles. The van der Waals surface area contributed by atoms with E-state index in [9.17, 15) is 0 Å². The molecule has 0 spiro atoms. The fourth-order valence-electron chi connectivity index (χ4n) is 1.96. The van der Waals surface area contributed by atoms with E-state index < -0.39 is 0 Å². The zero-order valence-electron chi connectivity index (χ0n) is 11.5. The summed E-state index contributed by atoms with van der Waals surface area (Å²) in [7, 11) is 0. The molecule has 1 aromatic carbocycles. The summed E-state index contributed by atoms with van der Waals surface area (Å²) >= 11 is 5.31. The van der Waals surface area contributed by atoms with Gasteiger partial charge >= 0.3 is 0 Å². The molecule has 0 aliphatic rings. The fraction of sp³-hybridized carbons (Fsp3) is 0.429. The fourth-order valence-corrected chi connectivity index (χ4v) is 2.21. The number of H-pyrrole nitrogens is 1. The van der Waals surface area contributed by atoms with Gasteiger partial charge in [-0.25, -0.2) is 0 Å². The van der Waals surface area contributed by atoms with Crippen LogP contribution in [-0.2, 0) is 6.42 Å². The summed E-state index contributed by atoms with van der Waals surface area (Å²) < 4.78 is 8.05. The lowest BCUT2D eigenvalue weighted by Crippen LogP contribution is -2.05. The van der Waals surface area contributed by atoms with Crippen molar-refractivity contribution in [3.8, 4) is 11.4 Å². The topological polar surface area (TPSA) is 42.8 Å². The van der Waals surface area contributed by atoms with Crippen LogP contribution in [0.3, 0.4) is 0 Å². The maximum atomic E-state index is 5.44. The first-order chi connectivity index (χ1) is 9.11. The van der Waals surface area contributed by atoms with Gasteiger partial charge in [0, 0.05) is 12.1 Å². The van der Waals surface area contributed by atoms with Crippen LogP contribution in [0.15, 0.2) is 24.3 Å². The Morgan fingerprint density at radius 2 is 2.00 bits per heavy atom. The minimum absolute atomic E-state index is 0.534. The molecule has 0 atom stereocenters. The number of hydrogen-bond acceptors (Lipinski definition) is 3. The first-order valence-electron chi connectivity index (χ1n) is 6.51. The molecule has 0 radical (unpaired) electrons. The first kappa shape index (κ1) is 13.8. The van der Waals surface area contributed by atoms with Crippen molar-refractivity contribution in [2.24, 2.45) is 5.92 Å². The molecule has 0 unspecified atom stereocenters. The standard InChI is InChI=1S/C14H19N3OS/c1-4-18-12-7-5-11(6-8-12)17-13(9-10(2)3)15-16-14(17)19/h5-8,10H,4,9H2,1-3H3,(H,16,19). The van der Waals surface area contributed by atoms with Crippen LogP contribution in [0.1, 0.15) is 26.6 Å². The van der Waals surface area contributed by atoms with Gasteiger partial charge in [0.15, 0.2) is 4.77 Å². The molecule has 102 valence electrons. The molecule has 0 bridgehead atoms. The molecule has 0 aliphatic carbocycles. The summed E-state index contributed by atoms with van der Waals surface area (Å²) in [5, 5.41) is 7.17. The van der Waals surface area contributed by atoms with Crippen LogP contribution >= 0.6 is 12.2 Å². The second kappa shape index (κ2) is 6.02. The number of aromatic amines is 1. The van der Waals surface area contributed by atoms with Gasteiger partial charge in [0.1, 0.15) is 11.6 Å². The van der Waals surface area contributed by atoms with Gasteiger partial charge in [0.25, 0.3) is 0 Å². The van der Waals surface area contributed by atoms with Crippen LogP contribution in [0.2, 0.25) is 0 Å². The van der Waals surface area contributed by atoms with E-state index in [1.807, 2.05) is 35.8 Å². The van der Waals surface area contributed by atoms with E-state index in [0.717, 1.165) is 23.7 Å². The normalized spacial score (nSPS) is 10.9. The lowest BCUT2D eigenvalue weighted by molar-refractivity contribution is 0.340. The molecule has 4 nitrogen and oxygen atoms in total. The quantitative estimate of drug-likeness (QED) is 0.850. The Bertz CT molecular complexity index is 583. The molecule has 2 rings (SSSR count). The number of nitrogens with one attached hydrogen (secondary N) is 1. The van der Waals surface area contributed by atoms with Crippen molar-refractivity contribution >= 4 is 12.2 Å². The van der Waals surface area contributed by atoms with Crippen LogP contribution in [0.4, 0.5) is 0 Å². The Labute approximate surface area is 118 Å². The van der Waals surface area contributed by atoms with E-state index in [-0.39, 0.29) is 0 Å². The Balaban J connectivity index is 2.35. The number of benzene rings is 1. The van der Waals surface area contributed by atoms with Crippen molar-refractivity contribution in [3.05, 3.63) is 34.9 Å². The molecule has 1 heterocycles. The highest BCUT2D eigenvalue weighted by atomic mass is 32.1. The Morgan fingerprint density at radius 3 is 2.58 bits per heavy atom. The van der Waals surface area contributed by atoms with E-state index >= 15 is 0 Å². The van der Waals surface area contributed by atoms with Crippen LogP contribution in [0.5, 0.6) is 5.75 Å². The molecule has 2 aromatic rings. The van der Waals surface area contributed by atoms with Crippen LogP contribution in [0.25, 0.3) is 5.69 Å². The third kappa shape index (κ3) is 3.23. The van der Waals surface area contributed by atoms with Crippen molar-refractivity contribution in [2.45, 2.75) is 27.2 Å². The molecule has 1 aromatic heterocycles. The van der Waals surface area contributed by atoms with Crippen molar-refractivity contribution in [1.29, 1.82) is 0 Å². The number of nitrogens with zero attached hydrogens (tertiary/aromatic N) is 2. The van der Waals surface area contributed by atoms with Crippen molar-refractivity contribution < 1.29 is 4.74 Å². The maximum Gasteiger partial charge on any atom is 0.199 e. The molecular formula is C14H19N3OS. The lowest BCUT2D eigenvalue weighted by atomic mass is 10.1.